The molecule has 0 saturated heterocycles. The molecule has 64 valence electrons. The molecule has 0 aromatic carbocycles. The monoisotopic (exact) mass is 178 g/mol. The third kappa shape index (κ3) is 6.85. The van der Waals surface area contributed by atoms with Gasteiger partial charge in [-0.2, -0.15) is 0 Å². The first-order valence-corrected chi connectivity index (χ1v) is 4.80. The molecule has 0 spiro atoms. The molecule has 11 heavy (non-hydrogen) atoms. The molecule has 6 heteroatoms. The van der Waals surface area contributed by atoms with Crippen LogP contribution in [0.25, 0.3) is 0 Å². The molecule has 0 radical (unpaired) electrons. The minimum atomic E-state index is -3.17. The highest BCUT2D eigenvalue weighted by Gasteiger charge is 2.04. The molecule has 0 rings (SSSR count). The summed E-state index contributed by atoms with van der Waals surface area (Å²) in [5, 5.41) is 0. The first-order valence-electron chi connectivity index (χ1n) is 2.74. The molecule has 0 aliphatic carbocycles. The smallest absolute Gasteiger partial charge is 0.243 e. The number of primary amides is 1. The van der Waals surface area contributed by atoms with E-state index in [9.17, 15) is 13.2 Å². The Labute approximate surface area is 65.0 Å². The van der Waals surface area contributed by atoms with E-state index in [1.54, 1.807) is 0 Å². The van der Waals surface area contributed by atoms with Gasteiger partial charge < -0.3 is 11.5 Å². The quantitative estimate of drug-likeness (QED) is 0.506. The van der Waals surface area contributed by atoms with Crippen molar-refractivity contribution in [1.82, 2.24) is 0 Å². The highest BCUT2D eigenvalue weighted by Crippen LogP contribution is 1.90. The van der Waals surface area contributed by atoms with Gasteiger partial charge in [0.15, 0.2) is 9.84 Å². The third-order valence-corrected chi connectivity index (χ3v) is 1.61. The molecule has 0 heterocycles. The van der Waals surface area contributed by atoms with Crippen molar-refractivity contribution in [2.24, 2.45) is 11.5 Å². The van der Waals surface area contributed by atoms with Gasteiger partial charge in [0.2, 0.25) is 5.91 Å². The van der Waals surface area contributed by atoms with Gasteiger partial charge in [0.05, 0.1) is 5.75 Å². The summed E-state index contributed by atoms with van der Waals surface area (Å²) in [6.45, 7) is 0. The molecular formula is C5H10N2O3S. The van der Waals surface area contributed by atoms with Crippen molar-refractivity contribution < 1.29 is 13.2 Å². The topological polar surface area (TPSA) is 103 Å². The minimum absolute atomic E-state index is 0.0417. The molecule has 4 N–H and O–H groups in total. The number of nitrogens with two attached hydrogens (primary N) is 2. The largest absolute Gasteiger partial charge is 0.401 e. The van der Waals surface area contributed by atoms with E-state index in [-0.39, 0.29) is 11.4 Å². The number of hydrogen-bond acceptors (Lipinski definition) is 4. The molecule has 0 fully saturated rings. The van der Waals surface area contributed by atoms with Crippen molar-refractivity contribution in [3.05, 3.63) is 11.8 Å². The summed E-state index contributed by atoms with van der Waals surface area (Å²) in [7, 11) is -3.17. The molecule has 0 bridgehead atoms. The molecule has 0 aromatic rings. The zero-order valence-electron chi connectivity index (χ0n) is 6.07. The maximum atomic E-state index is 10.6. The Morgan fingerprint density at radius 3 is 2.18 bits per heavy atom. The summed E-state index contributed by atoms with van der Waals surface area (Å²) in [4.78, 5) is 10.2. The lowest BCUT2D eigenvalue weighted by molar-refractivity contribution is -0.113. The SMILES string of the molecule is CS(=O)(=O)C/C(N)=C/C(N)=O. The lowest BCUT2D eigenvalue weighted by Crippen LogP contribution is -2.16. The number of sulfone groups is 1. The molecule has 0 aliphatic heterocycles. The fraction of sp³-hybridized carbons (Fsp3) is 0.400. The number of carbonyl (C=O) groups is 1. The summed E-state index contributed by atoms with van der Waals surface area (Å²) in [6, 6.07) is 0. The predicted molar refractivity (Wildman–Crippen MR) is 41.2 cm³/mol. The van der Waals surface area contributed by atoms with Gasteiger partial charge in [0.25, 0.3) is 0 Å². The van der Waals surface area contributed by atoms with Gasteiger partial charge >= 0.3 is 0 Å². The van der Waals surface area contributed by atoms with Crippen LogP contribution in [0, 0.1) is 0 Å². The van der Waals surface area contributed by atoms with Gasteiger partial charge in [0, 0.05) is 18.0 Å². The van der Waals surface area contributed by atoms with Crippen LogP contribution in [0.3, 0.4) is 0 Å². The van der Waals surface area contributed by atoms with Crippen molar-refractivity contribution in [3.8, 4) is 0 Å². The van der Waals surface area contributed by atoms with Crippen LogP contribution in [0.5, 0.6) is 0 Å². The van der Waals surface area contributed by atoms with Gasteiger partial charge in [-0.3, -0.25) is 4.79 Å². The average molecular weight is 178 g/mol. The summed E-state index contributed by atoms with van der Waals surface area (Å²) in [5.74, 6) is -1.08. The summed E-state index contributed by atoms with van der Waals surface area (Å²) >= 11 is 0. The molecule has 0 aromatic heterocycles. The summed E-state index contributed by atoms with van der Waals surface area (Å²) < 4.78 is 21.1. The normalized spacial score (nSPS) is 13.0. The Kier molecular flexibility index (Phi) is 3.06. The Morgan fingerprint density at radius 2 is 1.91 bits per heavy atom. The Morgan fingerprint density at radius 1 is 1.45 bits per heavy atom. The van der Waals surface area contributed by atoms with Crippen LogP contribution in [0.2, 0.25) is 0 Å². The van der Waals surface area contributed by atoms with E-state index in [2.05, 4.69) is 0 Å². The Balaban J connectivity index is 4.31. The van der Waals surface area contributed by atoms with E-state index in [0.29, 0.717) is 0 Å². The van der Waals surface area contributed by atoms with E-state index in [4.69, 9.17) is 11.5 Å². The lowest BCUT2D eigenvalue weighted by atomic mass is 10.4. The van der Waals surface area contributed by atoms with Crippen molar-refractivity contribution in [2.45, 2.75) is 0 Å². The number of rotatable bonds is 3. The third-order valence-electron chi connectivity index (χ3n) is 0.757. The van der Waals surface area contributed by atoms with Gasteiger partial charge in [-0.25, -0.2) is 8.42 Å². The molecule has 0 atom stereocenters. The van der Waals surface area contributed by atoms with Crippen LogP contribution in [0.1, 0.15) is 0 Å². The van der Waals surface area contributed by atoms with Gasteiger partial charge in [0.1, 0.15) is 0 Å². The number of hydrogen-bond donors (Lipinski definition) is 2. The number of amides is 1. The lowest BCUT2D eigenvalue weighted by Gasteiger charge is -1.96. The maximum absolute atomic E-state index is 10.6. The van der Waals surface area contributed by atoms with E-state index in [1.807, 2.05) is 0 Å². The van der Waals surface area contributed by atoms with Gasteiger partial charge in [-0.15, -0.1) is 0 Å². The molecule has 0 unspecified atom stereocenters. The standard InChI is InChI=1S/C5H10N2O3S/c1-11(9,10)3-4(6)2-5(7)8/h2H,3,6H2,1H3,(H2,7,8)/b4-2-. The highest BCUT2D eigenvalue weighted by atomic mass is 32.2. The second-order valence-corrected chi connectivity index (χ2v) is 4.33. The zero-order valence-corrected chi connectivity index (χ0v) is 6.89. The van der Waals surface area contributed by atoms with Crippen LogP contribution in [-0.4, -0.2) is 26.3 Å². The minimum Gasteiger partial charge on any atom is -0.401 e. The van der Waals surface area contributed by atoms with Crippen molar-refractivity contribution in [2.75, 3.05) is 12.0 Å². The first kappa shape index (κ1) is 9.96. The predicted octanol–water partition coefficient (Wildman–Crippen LogP) is -1.64. The van der Waals surface area contributed by atoms with E-state index >= 15 is 0 Å². The molecule has 0 aliphatic rings. The molecular weight excluding hydrogens is 168 g/mol. The molecule has 0 saturated carbocycles. The second-order valence-electron chi connectivity index (χ2n) is 2.19. The van der Waals surface area contributed by atoms with E-state index in [0.717, 1.165) is 12.3 Å². The van der Waals surface area contributed by atoms with Crippen LogP contribution in [0.15, 0.2) is 11.8 Å². The van der Waals surface area contributed by atoms with Crippen LogP contribution in [-0.2, 0) is 14.6 Å². The van der Waals surface area contributed by atoms with Crippen molar-refractivity contribution in [3.63, 3.8) is 0 Å². The van der Waals surface area contributed by atoms with Crippen molar-refractivity contribution >= 4 is 15.7 Å². The van der Waals surface area contributed by atoms with E-state index in [1.165, 1.54) is 0 Å². The second kappa shape index (κ2) is 3.38. The van der Waals surface area contributed by atoms with Gasteiger partial charge in [-0.1, -0.05) is 0 Å². The maximum Gasteiger partial charge on any atom is 0.243 e. The van der Waals surface area contributed by atoms with Crippen molar-refractivity contribution in [1.29, 1.82) is 0 Å². The fourth-order valence-electron chi connectivity index (χ4n) is 0.527. The average Bonchev–Trinajstić information content (AvgIpc) is 1.53. The summed E-state index contributed by atoms with van der Waals surface area (Å²) in [5.41, 5.74) is 9.82. The molecule has 1 amide bonds. The van der Waals surface area contributed by atoms with Crippen LogP contribution >= 0.6 is 0 Å². The zero-order chi connectivity index (χ0) is 9.07. The fourth-order valence-corrected chi connectivity index (χ4v) is 1.22. The Hall–Kier alpha value is -1.04. The van der Waals surface area contributed by atoms with Crippen LogP contribution < -0.4 is 11.5 Å². The highest BCUT2D eigenvalue weighted by molar-refractivity contribution is 7.90. The first-order chi connectivity index (χ1) is 4.81. The Bertz CT molecular complexity index is 278. The number of carbonyl (C=O) groups excluding carboxylic acids is 1. The van der Waals surface area contributed by atoms with Crippen LogP contribution in [0.4, 0.5) is 0 Å². The van der Waals surface area contributed by atoms with Gasteiger partial charge in [-0.05, 0) is 0 Å². The summed E-state index contributed by atoms with van der Waals surface area (Å²) in [6.07, 6.45) is 1.91. The van der Waals surface area contributed by atoms with E-state index < -0.39 is 15.7 Å². The molecule has 5 nitrogen and oxygen atoms in total.